The molecule has 0 spiro atoms. The average molecular weight is 230 g/mol. The van der Waals surface area contributed by atoms with Gasteiger partial charge in [0, 0.05) is 6.04 Å². The highest BCUT2D eigenvalue weighted by Crippen LogP contribution is 2.20. The summed E-state index contributed by atoms with van der Waals surface area (Å²) in [5.74, 6) is 0.724. The number of nitrogens with one attached hydrogen (secondary N) is 1. The maximum atomic E-state index is 9.04. The van der Waals surface area contributed by atoms with Crippen LogP contribution in [0.3, 0.4) is 0 Å². The lowest BCUT2D eigenvalue weighted by molar-refractivity contribution is 0.462. The van der Waals surface area contributed by atoms with E-state index in [2.05, 4.69) is 32.2 Å². The molecule has 1 aromatic carbocycles. The molecule has 0 fully saturated rings. The summed E-state index contributed by atoms with van der Waals surface area (Å²) < 4.78 is 0. The molecular formula is C15H22N2. The number of anilines is 1. The third-order valence-electron chi connectivity index (χ3n) is 3.28. The Hall–Kier alpha value is -1.49. The Labute approximate surface area is 105 Å². The summed E-state index contributed by atoms with van der Waals surface area (Å²) in [4.78, 5) is 0. The lowest BCUT2D eigenvalue weighted by Crippen LogP contribution is -2.21. The zero-order valence-electron chi connectivity index (χ0n) is 11.0. The SMILES string of the molecule is CCC(C)CC(CC)Nc1ccccc1C#N. The van der Waals surface area contributed by atoms with Gasteiger partial charge in [-0.2, -0.15) is 5.26 Å². The standard InChI is InChI=1S/C15H22N2/c1-4-12(3)10-14(5-2)17-15-9-7-6-8-13(15)11-16/h6-9,12,14,17H,4-5,10H2,1-3H3. The minimum absolute atomic E-state index is 0.458. The van der Waals surface area contributed by atoms with Crippen LogP contribution in [0.25, 0.3) is 0 Å². The lowest BCUT2D eigenvalue weighted by atomic mass is 9.97. The Morgan fingerprint density at radius 3 is 2.53 bits per heavy atom. The number of benzene rings is 1. The number of nitrogens with zero attached hydrogens (tertiary/aromatic N) is 1. The fourth-order valence-corrected chi connectivity index (χ4v) is 1.91. The second-order valence-electron chi connectivity index (χ2n) is 4.66. The monoisotopic (exact) mass is 230 g/mol. The molecule has 0 aromatic heterocycles. The average Bonchev–Trinajstić information content (AvgIpc) is 2.38. The number of hydrogen-bond donors (Lipinski definition) is 1. The Kier molecular flexibility index (Phi) is 5.56. The van der Waals surface area contributed by atoms with Gasteiger partial charge in [-0.15, -0.1) is 0 Å². The van der Waals surface area contributed by atoms with E-state index in [1.54, 1.807) is 0 Å². The number of para-hydroxylation sites is 1. The number of hydrogen-bond acceptors (Lipinski definition) is 2. The van der Waals surface area contributed by atoms with Gasteiger partial charge in [0.15, 0.2) is 0 Å². The molecule has 1 N–H and O–H groups in total. The van der Waals surface area contributed by atoms with Crippen LogP contribution in [0.2, 0.25) is 0 Å². The first-order chi connectivity index (χ1) is 8.21. The van der Waals surface area contributed by atoms with Crippen molar-refractivity contribution >= 4 is 5.69 Å². The topological polar surface area (TPSA) is 35.8 Å². The summed E-state index contributed by atoms with van der Waals surface area (Å²) in [5.41, 5.74) is 1.69. The molecule has 0 saturated carbocycles. The van der Waals surface area contributed by atoms with Gasteiger partial charge in [0.2, 0.25) is 0 Å². The van der Waals surface area contributed by atoms with Crippen LogP contribution in [-0.2, 0) is 0 Å². The highest BCUT2D eigenvalue weighted by molar-refractivity contribution is 5.57. The van der Waals surface area contributed by atoms with E-state index in [0.29, 0.717) is 6.04 Å². The molecule has 0 radical (unpaired) electrons. The van der Waals surface area contributed by atoms with Gasteiger partial charge >= 0.3 is 0 Å². The van der Waals surface area contributed by atoms with Gasteiger partial charge in [-0.25, -0.2) is 0 Å². The zero-order valence-corrected chi connectivity index (χ0v) is 11.0. The molecule has 1 rings (SSSR count). The van der Waals surface area contributed by atoms with Crippen LogP contribution in [-0.4, -0.2) is 6.04 Å². The van der Waals surface area contributed by atoms with Crippen molar-refractivity contribution in [1.29, 1.82) is 5.26 Å². The van der Waals surface area contributed by atoms with E-state index in [0.717, 1.165) is 30.0 Å². The predicted molar refractivity (Wildman–Crippen MR) is 72.9 cm³/mol. The predicted octanol–water partition coefficient (Wildman–Crippen LogP) is 4.18. The van der Waals surface area contributed by atoms with E-state index >= 15 is 0 Å². The Morgan fingerprint density at radius 2 is 1.94 bits per heavy atom. The third-order valence-corrected chi connectivity index (χ3v) is 3.28. The first-order valence-electron chi connectivity index (χ1n) is 6.46. The second kappa shape index (κ2) is 6.96. The van der Waals surface area contributed by atoms with E-state index in [1.807, 2.05) is 24.3 Å². The molecule has 2 nitrogen and oxygen atoms in total. The van der Waals surface area contributed by atoms with Crippen molar-refractivity contribution in [1.82, 2.24) is 0 Å². The van der Waals surface area contributed by atoms with Crippen LogP contribution in [0.4, 0.5) is 5.69 Å². The molecule has 0 aliphatic rings. The third kappa shape index (κ3) is 4.11. The Balaban J connectivity index is 2.71. The van der Waals surface area contributed by atoms with E-state index < -0.39 is 0 Å². The molecule has 92 valence electrons. The van der Waals surface area contributed by atoms with Crippen LogP contribution in [0.1, 0.15) is 45.6 Å². The molecule has 0 saturated heterocycles. The summed E-state index contributed by atoms with van der Waals surface area (Å²) in [5, 5.41) is 12.5. The van der Waals surface area contributed by atoms with Gasteiger partial charge in [-0.05, 0) is 30.9 Å². The van der Waals surface area contributed by atoms with Crippen molar-refractivity contribution < 1.29 is 0 Å². The van der Waals surface area contributed by atoms with E-state index in [9.17, 15) is 0 Å². The summed E-state index contributed by atoms with van der Waals surface area (Å²) >= 11 is 0. The minimum Gasteiger partial charge on any atom is -0.381 e. The Bertz CT molecular complexity index is 379. The molecule has 0 heterocycles. The number of nitriles is 1. The van der Waals surface area contributed by atoms with Crippen molar-refractivity contribution in [2.75, 3.05) is 5.32 Å². The molecule has 1 aromatic rings. The van der Waals surface area contributed by atoms with Crippen LogP contribution in [0.5, 0.6) is 0 Å². The van der Waals surface area contributed by atoms with Crippen molar-refractivity contribution in [3.05, 3.63) is 29.8 Å². The van der Waals surface area contributed by atoms with Gasteiger partial charge in [-0.3, -0.25) is 0 Å². The fraction of sp³-hybridized carbons (Fsp3) is 0.533. The molecule has 0 bridgehead atoms. The normalized spacial score (nSPS) is 13.8. The zero-order chi connectivity index (χ0) is 12.7. The van der Waals surface area contributed by atoms with Gasteiger partial charge in [0.1, 0.15) is 6.07 Å². The fourth-order valence-electron chi connectivity index (χ4n) is 1.91. The largest absolute Gasteiger partial charge is 0.381 e. The molecule has 17 heavy (non-hydrogen) atoms. The Morgan fingerprint density at radius 1 is 1.24 bits per heavy atom. The molecule has 0 aliphatic heterocycles. The number of rotatable bonds is 6. The van der Waals surface area contributed by atoms with Crippen molar-refractivity contribution in [3.63, 3.8) is 0 Å². The first kappa shape index (κ1) is 13.6. The van der Waals surface area contributed by atoms with E-state index in [-0.39, 0.29) is 0 Å². The van der Waals surface area contributed by atoms with E-state index in [4.69, 9.17) is 5.26 Å². The maximum Gasteiger partial charge on any atom is 0.101 e. The highest BCUT2D eigenvalue weighted by atomic mass is 14.9. The summed E-state index contributed by atoms with van der Waals surface area (Å²) in [7, 11) is 0. The van der Waals surface area contributed by atoms with Crippen LogP contribution in [0, 0.1) is 17.2 Å². The maximum absolute atomic E-state index is 9.04. The molecular weight excluding hydrogens is 208 g/mol. The minimum atomic E-state index is 0.458. The van der Waals surface area contributed by atoms with Gasteiger partial charge < -0.3 is 5.32 Å². The van der Waals surface area contributed by atoms with Crippen LogP contribution >= 0.6 is 0 Å². The van der Waals surface area contributed by atoms with Crippen molar-refractivity contribution in [3.8, 4) is 6.07 Å². The summed E-state index contributed by atoms with van der Waals surface area (Å²) in [6.07, 6.45) is 3.45. The van der Waals surface area contributed by atoms with Gasteiger partial charge in [0.25, 0.3) is 0 Å². The van der Waals surface area contributed by atoms with E-state index in [1.165, 1.54) is 6.42 Å². The smallest absolute Gasteiger partial charge is 0.101 e. The quantitative estimate of drug-likeness (QED) is 0.795. The molecule has 2 unspecified atom stereocenters. The first-order valence-corrected chi connectivity index (χ1v) is 6.46. The van der Waals surface area contributed by atoms with Crippen LogP contribution in [0.15, 0.2) is 24.3 Å². The van der Waals surface area contributed by atoms with Crippen LogP contribution < -0.4 is 5.32 Å². The molecule has 0 aliphatic carbocycles. The lowest BCUT2D eigenvalue weighted by Gasteiger charge is -2.22. The molecule has 0 amide bonds. The van der Waals surface area contributed by atoms with Gasteiger partial charge in [0.05, 0.1) is 11.3 Å². The molecule has 2 atom stereocenters. The van der Waals surface area contributed by atoms with Crippen molar-refractivity contribution in [2.24, 2.45) is 5.92 Å². The molecule has 2 heteroatoms. The second-order valence-corrected chi connectivity index (χ2v) is 4.66. The summed E-state index contributed by atoms with van der Waals surface area (Å²) in [6, 6.07) is 10.4. The summed E-state index contributed by atoms with van der Waals surface area (Å²) in [6.45, 7) is 6.69. The highest BCUT2D eigenvalue weighted by Gasteiger charge is 2.11. The van der Waals surface area contributed by atoms with Crippen molar-refractivity contribution in [2.45, 2.75) is 46.1 Å². The van der Waals surface area contributed by atoms with Gasteiger partial charge in [-0.1, -0.05) is 39.3 Å².